The number of nitrogens with one attached hydrogen (secondary N) is 1. The van der Waals surface area contributed by atoms with Gasteiger partial charge < -0.3 is 5.41 Å². The van der Waals surface area contributed by atoms with Crippen LogP contribution >= 0.6 is 0 Å². The minimum Gasteiger partial charge on any atom is -0.310 e. The van der Waals surface area contributed by atoms with Crippen molar-refractivity contribution in [1.82, 2.24) is 0 Å². The van der Waals surface area contributed by atoms with Gasteiger partial charge in [0.15, 0.2) is 0 Å². The van der Waals surface area contributed by atoms with Crippen LogP contribution in [0.1, 0.15) is 39.5 Å². The Morgan fingerprint density at radius 1 is 1.30 bits per heavy atom. The van der Waals surface area contributed by atoms with Crippen molar-refractivity contribution in [2.45, 2.75) is 39.5 Å². The Kier molecular flexibility index (Phi) is 2.47. The summed E-state index contributed by atoms with van der Waals surface area (Å²) in [5, 5.41) is 7.42. The molecule has 0 amide bonds. The highest BCUT2D eigenvalue weighted by Crippen LogP contribution is 2.27. The lowest BCUT2D eigenvalue weighted by molar-refractivity contribution is 0.331. The summed E-state index contributed by atoms with van der Waals surface area (Å²) in [5.74, 6) is 1.72. The van der Waals surface area contributed by atoms with Crippen molar-refractivity contribution in [3.63, 3.8) is 0 Å². The van der Waals surface area contributed by atoms with Gasteiger partial charge >= 0.3 is 0 Å². The molecule has 0 heterocycles. The van der Waals surface area contributed by atoms with Crippen molar-refractivity contribution in [2.24, 2.45) is 11.8 Å². The van der Waals surface area contributed by atoms with E-state index < -0.39 is 0 Å². The Morgan fingerprint density at radius 2 is 1.80 bits per heavy atom. The van der Waals surface area contributed by atoms with Crippen molar-refractivity contribution in [3.8, 4) is 0 Å². The van der Waals surface area contributed by atoms with E-state index in [-0.39, 0.29) is 0 Å². The third kappa shape index (κ3) is 1.83. The van der Waals surface area contributed by atoms with Gasteiger partial charge in [-0.05, 0) is 37.5 Å². The molecule has 0 spiro atoms. The van der Waals surface area contributed by atoms with Gasteiger partial charge in [0.1, 0.15) is 0 Å². The Balaban J connectivity index is 2.33. The maximum Gasteiger partial charge on any atom is 0.00893 e. The van der Waals surface area contributed by atoms with E-state index in [0.717, 1.165) is 30.4 Å². The zero-order chi connectivity index (χ0) is 7.56. The minimum atomic E-state index is 0.827. The summed E-state index contributed by atoms with van der Waals surface area (Å²) in [6, 6.07) is 0. The average Bonchev–Trinajstić information content (AvgIpc) is 1.88. The minimum absolute atomic E-state index is 0.827. The summed E-state index contributed by atoms with van der Waals surface area (Å²) in [6.07, 6.45) is 4.64. The molecule has 0 bridgehead atoms. The topological polar surface area (TPSA) is 23.9 Å². The lowest BCUT2D eigenvalue weighted by Gasteiger charge is -2.25. The molecular weight excluding hydrogens is 122 g/mol. The second kappa shape index (κ2) is 3.18. The summed E-state index contributed by atoms with van der Waals surface area (Å²) >= 11 is 0. The lowest BCUT2D eigenvalue weighted by Crippen LogP contribution is -2.17. The Hall–Kier alpha value is -0.330. The van der Waals surface area contributed by atoms with Gasteiger partial charge in [0.2, 0.25) is 0 Å². The normalized spacial score (nSPS) is 27.5. The molecule has 0 unspecified atom stereocenters. The fraction of sp³-hybridized carbons (Fsp3) is 0.889. The quantitative estimate of drug-likeness (QED) is 0.577. The number of rotatable bonds is 1. The fourth-order valence-electron chi connectivity index (χ4n) is 1.66. The van der Waals surface area contributed by atoms with Crippen LogP contribution in [0.4, 0.5) is 0 Å². The molecule has 0 radical (unpaired) electrons. The molecule has 0 aromatic carbocycles. The average molecular weight is 139 g/mol. The van der Waals surface area contributed by atoms with Crippen molar-refractivity contribution in [3.05, 3.63) is 0 Å². The molecule has 1 fully saturated rings. The second-order valence-electron chi connectivity index (χ2n) is 3.69. The summed E-state index contributed by atoms with van der Waals surface area (Å²) in [7, 11) is 0. The molecule has 0 aliphatic heterocycles. The molecule has 0 aromatic heterocycles. The molecule has 1 aliphatic carbocycles. The summed E-state index contributed by atoms with van der Waals surface area (Å²) in [4.78, 5) is 0. The highest BCUT2D eigenvalue weighted by atomic mass is 14.4. The van der Waals surface area contributed by atoms with Gasteiger partial charge in [-0.15, -0.1) is 0 Å². The predicted molar refractivity (Wildman–Crippen MR) is 44.5 cm³/mol. The Bertz CT molecular complexity index is 117. The molecule has 1 nitrogen and oxygen atoms in total. The van der Waals surface area contributed by atoms with Crippen molar-refractivity contribution in [1.29, 1.82) is 5.41 Å². The molecular formula is C9H17N. The first-order chi connectivity index (χ1) is 4.70. The molecule has 10 heavy (non-hydrogen) atoms. The molecule has 0 saturated heterocycles. The predicted octanol–water partition coefficient (Wildman–Crippen LogP) is 2.85. The summed E-state index contributed by atoms with van der Waals surface area (Å²) in [5.41, 5.74) is 0.969. The van der Waals surface area contributed by atoms with Crippen LogP contribution in [0, 0.1) is 17.2 Å². The zero-order valence-corrected chi connectivity index (χ0v) is 6.98. The molecule has 1 heteroatoms. The maximum atomic E-state index is 7.42. The van der Waals surface area contributed by atoms with E-state index in [1.807, 2.05) is 0 Å². The van der Waals surface area contributed by atoms with Crippen LogP contribution < -0.4 is 0 Å². The summed E-state index contributed by atoms with van der Waals surface area (Å²) < 4.78 is 0. The monoisotopic (exact) mass is 139 g/mol. The highest BCUT2D eigenvalue weighted by Gasteiger charge is 2.18. The molecule has 1 aliphatic rings. The van der Waals surface area contributed by atoms with Crippen LogP contribution in [0.5, 0.6) is 0 Å². The number of hydrogen-bond acceptors (Lipinski definition) is 1. The van der Waals surface area contributed by atoms with Gasteiger partial charge in [-0.2, -0.15) is 0 Å². The zero-order valence-electron chi connectivity index (χ0n) is 6.98. The van der Waals surface area contributed by atoms with Crippen LogP contribution in [0.3, 0.4) is 0 Å². The largest absolute Gasteiger partial charge is 0.310 e. The maximum absolute atomic E-state index is 7.42. The van der Waals surface area contributed by atoms with E-state index >= 15 is 0 Å². The SMILES string of the molecule is CC(C)C1CCC(=N)CC1. The van der Waals surface area contributed by atoms with Gasteiger partial charge in [0.25, 0.3) is 0 Å². The van der Waals surface area contributed by atoms with Crippen LogP contribution in [-0.2, 0) is 0 Å². The first-order valence-electron chi connectivity index (χ1n) is 4.26. The molecule has 1 rings (SSSR count). The molecule has 58 valence electrons. The first-order valence-corrected chi connectivity index (χ1v) is 4.26. The van der Waals surface area contributed by atoms with Gasteiger partial charge in [0, 0.05) is 5.71 Å². The summed E-state index contributed by atoms with van der Waals surface area (Å²) in [6.45, 7) is 4.58. The standard InChI is InChI=1S/C9H17N/c1-7(2)8-3-5-9(10)6-4-8/h7-8,10H,3-6H2,1-2H3. The smallest absolute Gasteiger partial charge is 0.00893 e. The van der Waals surface area contributed by atoms with Crippen molar-refractivity contribution in [2.75, 3.05) is 0 Å². The van der Waals surface area contributed by atoms with Crippen LogP contribution in [0.15, 0.2) is 0 Å². The third-order valence-electron chi connectivity index (χ3n) is 2.58. The lowest BCUT2D eigenvalue weighted by atomic mass is 9.81. The van der Waals surface area contributed by atoms with Crippen LogP contribution in [0.2, 0.25) is 0 Å². The van der Waals surface area contributed by atoms with E-state index in [1.54, 1.807) is 0 Å². The molecule has 0 atom stereocenters. The van der Waals surface area contributed by atoms with E-state index in [4.69, 9.17) is 5.41 Å². The van der Waals surface area contributed by atoms with Crippen molar-refractivity contribution >= 4 is 5.71 Å². The fourth-order valence-corrected chi connectivity index (χ4v) is 1.66. The molecule has 1 N–H and O–H groups in total. The molecule has 0 aromatic rings. The Morgan fingerprint density at radius 3 is 2.20 bits per heavy atom. The third-order valence-corrected chi connectivity index (χ3v) is 2.58. The van der Waals surface area contributed by atoms with Crippen molar-refractivity contribution < 1.29 is 0 Å². The Labute approximate surface area is 63.3 Å². The van der Waals surface area contributed by atoms with E-state index in [2.05, 4.69) is 13.8 Å². The van der Waals surface area contributed by atoms with E-state index in [0.29, 0.717) is 0 Å². The van der Waals surface area contributed by atoms with Gasteiger partial charge in [-0.3, -0.25) is 0 Å². The van der Waals surface area contributed by atoms with Gasteiger partial charge in [-0.25, -0.2) is 0 Å². The van der Waals surface area contributed by atoms with Crippen LogP contribution in [-0.4, -0.2) is 5.71 Å². The van der Waals surface area contributed by atoms with E-state index in [9.17, 15) is 0 Å². The van der Waals surface area contributed by atoms with Gasteiger partial charge in [-0.1, -0.05) is 13.8 Å². The van der Waals surface area contributed by atoms with E-state index in [1.165, 1.54) is 12.8 Å². The number of hydrogen-bond donors (Lipinski definition) is 1. The molecule has 1 saturated carbocycles. The second-order valence-corrected chi connectivity index (χ2v) is 3.69. The van der Waals surface area contributed by atoms with Gasteiger partial charge in [0.05, 0.1) is 0 Å². The first kappa shape index (κ1) is 7.77. The van der Waals surface area contributed by atoms with Crippen LogP contribution in [0.25, 0.3) is 0 Å². The highest BCUT2D eigenvalue weighted by molar-refractivity contribution is 5.81.